The van der Waals surface area contributed by atoms with E-state index in [1.807, 2.05) is 6.07 Å². The molecule has 2 aliphatic rings. The number of ether oxygens (including phenoxy) is 2. The van der Waals surface area contributed by atoms with Crippen molar-refractivity contribution in [2.24, 2.45) is 0 Å². The van der Waals surface area contributed by atoms with Crippen LogP contribution in [0.25, 0.3) is 0 Å². The van der Waals surface area contributed by atoms with Crippen LogP contribution in [0.15, 0.2) is 30.3 Å². The van der Waals surface area contributed by atoms with Gasteiger partial charge < -0.3 is 24.8 Å². The SMILES string of the molecule is O=C(COc1ccccc1)N[C@@H]1C(=O)N2C(C(=O)OCC(Cl)(Cl)Cl)C(O)CS[C@@H]12. The van der Waals surface area contributed by atoms with Crippen molar-refractivity contribution in [1.29, 1.82) is 0 Å². The number of hydrogen-bond donors (Lipinski definition) is 2. The number of aliphatic hydroxyl groups excluding tert-OH is 1. The van der Waals surface area contributed by atoms with E-state index in [2.05, 4.69) is 5.32 Å². The molecule has 0 saturated carbocycles. The number of benzene rings is 1. The van der Waals surface area contributed by atoms with Gasteiger partial charge in [-0.2, -0.15) is 0 Å². The van der Waals surface area contributed by atoms with Crippen molar-refractivity contribution in [2.45, 2.75) is 27.4 Å². The number of amides is 2. The van der Waals surface area contributed by atoms with Crippen LogP contribution in [0.5, 0.6) is 5.75 Å². The van der Waals surface area contributed by atoms with Crippen molar-refractivity contribution >= 4 is 64.3 Å². The lowest BCUT2D eigenvalue weighted by molar-refractivity contribution is -0.171. The number of nitrogens with zero attached hydrogens (tertiary/aromatic N) is 1. The minimum Gasteiger partial charge on any atom is -0.484 e. The van der Waals surface area contributed by atoms with Gasteiger partial charge in [-0.05, 0) is 12.1 Å². The minimum absolute atomic E-state index is 0.175. The molecule has 8 nitrogen and oxygen atoms in total. The van der Waals surface area contributed by atoms with E-state index < -0.39 is 51.7 Å². The first kappa shape index (κ1) is 22.3. The summed E-state index contributed by atoms with van der Waals surface area (Å²) in [6, 6.07) is 6.71. The van der Waals surface area contributed by atoms with Crippen LogP contribution in [0.2, 0.25) is 0 Å². The summed E-state index contributed by atoms with van der Waals surface area (Å²) in [5, 5.41) is 12.2. The molecule has 0 aromatic heterocycles. The highest BCUT2D eigenvalue weighted by Crippen LogP contribution is 2.39. The summed E-state index contributed by atoms with van der Waals surface area (Å²) in [5.74, 6) is -1.16. The number of hydrogen-bond acceptors (Lipinski definition) is 7. The zero-order valence-electron chi connectivity index (χ0n) is 14.8. The van der Waals surface area contributed by atoms with E-state index >= 15 is 0 Å². The standard InChI is InChI=1S/C17H17Cl3N2O6S/c18-17(19,20)8-28-16(26)13-10(23)7-29-15-12(14(25)22(13)15)21-11(24)6-27-9-4-2-1-3-5-9/h1-5,10,12-13,15,23H,6-8H2,(H,21,24)/t10?,12-,13?,15+/m1/s1. The summed E-state index contributed by atoms with van der Waals surface area (Å²) in [6.45, 7) is -0.779. The van der Waals surface area contributed by atoms with E-state index in [9.17, 15) is 19.5 Å². The molecular weight excluding hydrogens is 467 g/mol. The van der Waals surface area contributed by atoms with Gasteiger partial charge in [-0.15, -0.1) is 11.8 Å². The van der Waals surface area contributed by atoms with E-state index in [1.165, 1.54) is 16.7 Å². The normalized spacial score (nSPS) is 26.2. The lowest BCUT2D eigenvalue weighted by atomic mass is 9.99. The molecular formula is C17H17Cl3N2O6S. The molecule has 0 radical (unpaired) electrons. The summed E-state index contributed by atoms with van der Waals surface area (Å²) in [4.78, 5) is 38.2. The van der Waals surface area contributed by atoms with Crippen LogP contribution in [0, 0.1) is 0 Å². The molecule has 2 amide bonds. The molecule has 2 saturated heterocycles. The van der Waals surface area contributed by atoms with Crippen molar-refractivity contribution in [3.05, 3.63) is 30.3 Å². The molecule has 1 aromatic carbocycles. The van der Waals surface area contributed by atoms with Crippen LogP contribution in [-0.2, 0) is 19.1 Å². The van der Waals surface area contributed by atoms with Crippen LogP contribution in [0.4, 0.5) is 0 Å². The molecule has 0 aliphatic carbocycles. The fourth-order valence-electron chi connectivity index (χ4n) is 2.95. The predicted molar refractivity (Wildman–Crippen MR) is 108 cm³/mol. The fourth-order valence-corrected chi connectivity index (χ4v) is 4.47. The third-order valence-corrected chi connectivity index (χ3v) is 5.93. The van der Waals surface area contributed by atoms with Crippen molar-refractivity contribution in [1.82, 2.24) is 10.2 Å². The Hall–Kier alpha value is -1.39. The Kier molecular flexibility index (Phi) is 7.06. The molecule has 158 valence electrons. The predicted octanol–water partition coefficient (Wildman–Crippen LogP) is 1.11. The lowest BCUT2D eigenvalue weighted by Gasteiger charge is -2.53. The van der Waals surface area contributed by atoms with Gasteiger partial charge in [0, 0.05) is 5.75 Å². The lowest BCUT2D eigenvalue weighted by Crippen LogP contribution is -2.77. The molecule has 4 atom stereocenters. The number of carbonyl (C=O) groups excluding carboxylic acids is 3. The number of nitrogens with one attached hydrogen (secondary N) is 1. The highest BCUT2D eigenvalue weighted by Gasteiger charge is 2.58. The maximum absolute atomic E-state index is 12.5. The van der Waals surface area contributed by atoms with Gasteiger partial charge in [0.1, 0.15) is 23.8 Å². The second-order valence-electron chi connectivity index (χ2n) is 6.35. The molecule has 12 heteroatoms. The Morgan fingerprint density at radius 2 is 1.97 bits per heavy atom. The van der Waals surface area contributed by atoms with E-state index in [0.29, 0.717) is 5.75 Å². The van der Waals surface area contributed by atoms with Crippen molar-refractivity contribution in [3.63, 3.8) is 0 Å². The van der Waals surface area contributed by atoms with Crippen LogP contribution in [-0.4, -0.2) is 74.1 Å². The van der Waals surface area contributed by atoms with Gasteiger partial charge in [0.25, 0.3) is 5.91 Å². The molecule has 0 bridgehead atoms. The zero-order valence-corrected chi connectivity index (χ0v) is 17.9. The first-order chi connectivity index (χ1) is 13.7. The van der Waals surface area contributed by atoms with Crippen LogP contribution in [0.3, 0.4) is 0 Å². The second kappa shape index (κ2) is 9.18. The topological polar surface area (TPSA) is 105 Å². The number of aliphatic hydroxyl groups is 1. The number of fused-ring (bicyclic) bond motifs is 1. The van der Waals surface area contributed by atoms with Gasteiger partial charge in [-0.25, -0.2) is 4.79 Å². The molecule has 3 rings (SSSR count). The Morgan fingerprint density at radius 1 is 1.28 bits per heavy atom. The highest BCUT2D eigenvalue weighted by molar-refractivity contribution is 8.00. The molecule has 2 aliphatic heterocycles. The van der Waals surface area contributed by atoms with Gasteiger partial charge >= 0.3 is 5.97 Å². The van der Waals surface area contributed by atoms with Gasteiger partial charge in [0.15, 0.2) is 12.6 Å². The van der Waals surface area contributed by atoms with Gasteiger partial charge in [0.05, 0.1) is 6.10 Å². The Labute approximate surface area is 185 Å². The van der Waals surface area contributed by atoms with Crippen molar-refractivity contribution < 1.29 is 29.0 Å². The molecule has 2 unspecified atom stereocenters. The molecule has 1 aromatic rings. The molecule has 0 spiro atoms. The number of carbonyl (C=O) groups is 3. The minimum atomic E-state index is -1.81. The number of halogens is 3. The average Bonchev–Trinajstić information content (AvgIpc) is 2.68. The first-order valence-electron chi connectivity index (χ1n) is 8.50. The highest BCUT2D eigenvalue weighted by atomic mass is 35.6. The summed E-state index contributed by atoms with van der Waals surface area (Å²) < 4.78 is 8.46. The quantitative estimate of drug-likeness (QED) is 0.355. The van der Waals surface area contributed by atoms with Crippen LogP contribution >= 0.6 is 46.6 Å². The number of β-lactam (4-membered cyclic amide) rings is 1. The van der Waals surface area contributed by atoms with Crippen molar-refractivity contribution in [3.8, 4) is 5.75 Å². The molecule has 29 heavy (non-hydrogen) atoms. The monoisotopic (exact) mass is 482 g/mol. The fraction of sp³-hybridized carbons (Fsp3) is 0.471. The molecule has 2 heterocycles. The number of alkyl halides is 3. The zero-order chi connectivity index (χ0) is 21.2. The molecule has 2 fully saturated rings. The third kappa shape index (κ3) is 5.40. The number of esters is 1. The van der Waals surface area contributed by atoms with Crippen molar-refractivity contribution in [2.75, 3.05) is 19.0 Å². The van der Waals surface area contributed by atoms with Crippen LogP contribution < -0.4 is 10.1 Å². The van der Waals surface area contributed by atoms with Crippen LogP contribution in [0.1, 0.15) is 0 Å². The van der Waals surface area contributed by atoms with E-state index in [4.69, 9.17) is 44.3 Å². The largest absolute Gasteiger partial charge is 0.484 e. The summed E-state index contributed by atoms with van der Waals surface area (Å²) >= 11 is 17.9. The van der Waals surface area contributed by atoms with E-state index in [-0.39, 0.29) is 12.4 Å². The van der Waals surface area contributed by atoms with E-state index in [0.717, 1.165) is 0 Å². The Bertz CT molecular complexity index is 778. The average molecular weight is 484 g/mol. The Morgan fingerprint density at radius 3 is 2.62 bits per heavy atom. The maximum atomic E-state index is 12.5. The maximum Gasteiger partial charge on any atom is 0.331 e. The third-order valence-electron chi connectivity index (χ3n) is 4.23. The van der Waals surface area contributed by atoms with Gasteiger partial charge in [0.2, 0.25) is 9.70 Å². The number of thioether (sulfide) groups is 1. The summed E-state index contributed by atoms with van der Waals surface area (Å²) in [6.07, 6.45) is -1.14. The molecule has 2 N–H and O–H groups in total. The van der Waals surface area contributed by atoms with Gasteiger partial charge in [-0.1, -0.05) is 53.0 Å². The summed E-state index contributed by atoms with van der Waals surface area (Å²) in [5.41, 5.74) is 0. The number of para-hydroxylation sites is 1. The summed E-state index contributed by atoms with van der Waals surface area (Å²) in [7, 11) is 0. The van der Waals surface area contributed by atoms with Gasteiger partial charge in [-0.3, -0.25) is 9.59 Å². The number of rotatable bonds is 6. The second-order valence-corrected chi connectivity index (χ2v) is 10.0. The first-order valence-corrected chi connectivity index (χ1v) is 10.7. The Balaban J connectivity index is 1.56. The smallest absolute Gasteiger partial charge is 0.331 e. The van der Waals surface area contributed by atoms with E-state index in [1.54, 1.807) is 24.3 Å².